The second kappa shape index (κ2) is 5.09. The van der Waals surface area contributed by atoms with Crippen LogP contribution in [0.3, 0.4) is 0 Å². The standard InChI is InChI=1S/C9H12BrNO2/c1-12-4-5-13-9-6-7(10)2-3-8(9)11/h2-3,6H,4-5,11H2,1H3. The topological polar surface area (TPSA) is 44.5 Å². The summed E-state index contributed by atoms with van der Waals surface area (Å²) in [5.41, 5.74) is 6.32. The molecule has 0 heterocycles. The minimum absolute atomic E-state index is 0.511. The van der Waals surface area contributed by atoms with Crippen molar-refractivity contribution < 1.29 is 9.47 Å². The molecule has 1 rings (SSSR count). The number of methoxy groups -OCH3 is 1. The minimum atomic E-state index is 0.511. The quantitative estimate of drug-likeness (QED) is 0.653. The van der Waals surface area contributed by atoms with Crippen molar-refractivity contribution in [3.63, 3.8) is 0 Å². The highest BCUT2D eigenvalue weighted by molar-refractivity contribution is 9.10. The first-order valence-electron chi connectivity index (χ1n) is 3.91. The number of benzene rings is 1. The van der Waals surface area contributed by atoms with Crippen LogP contribution in [0.5, 0.6) is 5.75 Å². The molecular formula is C9H12BrNO2. The lowest BCUT2D eigenvalue weighted by molar-refractivity contribution is 0.146. The summed E-state index contributed by atoms with van der Waals surface area (Å²) in [6.45, 7) is 1.07. The largest absolute Gasteiger partial charge is 0.489 e. The van der Waals surface area contributed by atoms with Crippen LogP contribution in [0.2, 0.25) is 0 Å². The first kappa shape index (κ1) is 10.3. The van der Waals surface area contributed by atoms with Gasteiger partial charge in [0.2, 0.25) is 0 Å². The van der Waals surface area contributed by atoms with E-state index in [2.05, 4.69) is 15.9 Å². The van der Waals surface area contributed by atoms with Gasteiger partial charge in [-0.25, -0.2) is 0 Å². The summed E-state index contributed by atoms with van der Waals surface area (Å²) in [6, 6.07) is 5.51. The minimum Gasteiger partial charge on any atom is -0.489 e. The fraction of sp³-hybridized carbons (Fsp3) is 0.333. The van der Waals surface area contributed by atoms with E-state index in [4.69, 9.17) is 15.2 Å². The third kappa shape index (κ3) is 3.24. The van der Waals surface area contributed by atoms with Crippen LogP contribution in [0.4, 0.5) is 5.69 Å². The van der Waals surface area contributed by atoms with E-state index in [9.17, 15) is 0 Å². The van der Waals surface area contributed by atoms with Crippen LogP contribution in [0.15, 0.2) is 22.7 Å². The average molecular weight is 246 g/mol. The number of hydrogen-bond acceptors (Lipinski definition) is 3. The van der Waals surface area contributed by atoms with E-state index < -0.39 is 0 Å². The van der Waals surface area contributed by atoms with Gasteiger partial charge in [-0.2, -0.15) is 0 Å². The van der Waals surface area contributed by atoms with Gasteiger partial charge in [-0.3, -0.25) is 0 Å². The Morgan fingerprint density at radius 1 is 1.38 bits per heavy atom. The van der Waals surface area contributed by atoms with Crippen LogP contribution in [0.1, 0.15) is 0 Å². The van der Waals surface area contributed by atoms with E-state index in [-0.39, 0.29) is 0 Å². The van der Waals surface area contributed by atoms with Crippen LogP contribution in [0, 0.1) is 0 Å². The highest BCUT2D eigenvalue weighted by atomic mass is 79.9. The Morgan fingerprint density at radius 3 is 2.85 bits per heavy atom. The van der Waals surface area contributed by atoms with Crippen LogP contribution in [-0.2, 0) is 4.74 Å². The monoisotopic (exact) mass is 245 g/mol. The maximum Gasteiger partial charge on any atom is 0.143 e. The smallest absolute Gasteiger partial charge is 0.143 e. The van der Waals surface area contributed by atoms with E-state index >= 15 is 0 Å². The van der Waals surface area contributed by atoms with Crippen molar-refractivity contribution in [2.75, 3.05) is 26.1 Å². The van der Waals surface area contributed by atoms with Gasteiger partial charge >= 0.3 is 0 Å². The Balaban J connectivity index is 2.59. The van der Waals surface area contributed by atoms with Crippen LogP contribution in [0.25, 0.3) is 0 Å². The lowest BCUT2D eigenvalue weighted by Crippen LogP contribution is -2.05. The molecular weight excluding hydrogens is 234 g/mol. The van der Waals surface area contributed by atoms with Crippen LogP contribution >= 0.6 is 15.9 Å². The molecule has 0 unspecified atom stereocenters. The fourth-order valence-electron chi connectivity index (χ4n) is 0.868. The molecule has 0 saturated heterocycles. The van der Waals surface area contributed by atoms with Crippen molar-refractivity contribution in [3.8, 4) is 5.75 Å². The SMILES string of the molecule is COCCOc1cc(Br)ccc1N. The molecule has 0 fully saturated rings. The van der Waals surface area contributed by atoms with E-state index in [0.717, 1.165) is 4.47 Å². The molecule has 0 amide bonds. The summed E-state index contributed by atoms with van der Waals surface area (Å²) >= 11 is 3.34. The number of hydrogen-bond donors (Lipinski definition) is 1. The first-order chi connectivity index (χ1) is 6.24. The molecule has 0 aliphatic rings. The molecule has 0 aliphatic carbocycles. The lowest BCUT2D eigenvalue weighted by Gasteiger charge is -2.08. The molecule has 1 aromatic carbocycles. The molecule has 0 aromatic heterocycles. The van der Waals surface area contributed by atoms with Gasteiger partial charge in [-0.1, -0.05) is 15.9 Å². The molecule has 72 valence electrons. The number of anilines is 1. The van der Waals surface area contributed by atoms with Crippen LogP contribution in [-0.4, -0.2) is 20.3 Å². The highest BCUT2D eigenvalue weighted by Gasteiger charge is 2.00. The normalized spacial score (nSPS) is 10.0. The summed E-state index contributed by atoms with van der Waals surface area (Å²) in [6.07, 6.45) is 0. The fourth-order valence-corrected chi connectivity index (χ4v) is 1.21. The summed E-state index contributed by atoms with van der Waals surface area (Å²) < 4.78 is 11.2. The summed E-state index contributed by atoms with van der Waals surface area (Å²) in [5, 5.41) is 0. The third-order valence-electron chi connectivity index (χ3n) is 1.52. The van der Waals surface area contributed by atoms with Gasteiger partial charge in [0.15, 0.2) is 0 Å². The van der Waals surface area contributed by atoms with Crippen molar-refractivity contribution in [2.45, 2.75) is 0 Å². The van der Waals surface area contributed by atoms with Gasteiger partial charge in [0, 0.05) is 11.6 Å². The first-order valence-corrected chi connectivity index (χ1v) is 4.70. The zero-order valence-corrected chi connectivity index (χ0v) is 9.00. The van der Waals surface area contributed by atoms with Gasteiger partial charge in [0.05, 0.1) is 12.3 Å². The van der Waals surface area contributed by atoms with E-state index in [1.807, 2.05) is 12.1 Å². The predicted molar refractivity (Wildman–Crippen MR) is 55.9 cm³/mol. The molecule has 4 heteroatoms. The van der Waals surface area contributed by atoms with Gasteiger partial charge in [-0.15, -0.1) is 0 Å². The predicted octanol–water partition coefficient (Wildman–Crippen LogP) is 2.06. The highest BCUT2D eigenvalue weighted by Crippen LogP contribution is 2.25. The molecule has 0 bridgehead atoms. The number of ether oxygens (including phenoxy) is 2. The van der Waals surface area contributed by atoms with Crippen LogP contribution < -0.4 is 10.5 Å². The maximum atomic E-state index is 5.69. The Morgan fingerprint density at radius 2 is 2.15 bits per heavy atom. The van der Waals surface area contributed by atoms with Crippen molar-refractivity contribution >= 4 is 21.6 Å². The van der Waals surface area contributed by atoms with E-state index in [1.165, 1.54) is 0 Å². The van der Waals surface area contributed by atoms with Crippen molar-refractivity contribution in [1.29, 1.82) is 0 Å². The van der Waals surface area contributed by atoms with Gasteiger partial charge in [0.1, 0.15) is 12.4 Å². The molecule has 1 aromatic rings. The van der Waals surface area contributed by atoms with Gasteiger partial charge in [-0.05, 0) is 18.2 Å². The van der Waals surface area contributed by atoms with Gasteiger partial charge < -0.3 is 15.2 Å². The van der Waals surface area contributed by atoms with E-state index in [0.29, 0.717) is 24.7 Å². The van der Waals surface area contributed by atoms with Crippen molar-refractivity contribution in [3.05, 3.63) is 22.7 Å². The molecule has 3 nitrogen and oxygen atoms in total. The zero-order chi connectivity index (χ0) is 9.68. The second-order valence-corrected chi connectivity index (χ2v) is 3.44. The zero-order valence-electron chi connectivity index (χ0n) is 7.42. The Hall–Kier alpha value is -0.740. The third-order valence-corrected chi connectivity index (χ3v) is 2.01. The molecule has 2 N–H and O–H groups in total. The Labute approximate surface area is 86.0 Å². The Kier molecular flexibility index (Phi) is 4.05. The summed E-state index contributed by atoms with van der Waals surface area (Å²) in [7, 11) is 1.63. The molecule has 0 saturated carbocycles. The molecule has 0 radical (unpaired) electrons. The number of nitrogen functional groups attached to an aromatic ring is 1. The molecule has 13 heavy (non-hydrogen) atoms. The number of halogens is 1. The molecule has 0 aliphatic heterocycles. The number of rotatable bonds is 4. The summed E-state index contributed by atoms with van der Waals surface area (Å²) in [5.74, 6) is 0.687. The maximum absolute atomic E-state index is 5.69. The Bertz CT molecular complexity index is 278. The van der Waals surface area contributed by atoms with Crippen molar-refractivity contribution in [2.24, 2.45) is 0 Å². The molecule has 0 spiro atoms. The summed E-state index contributed by atoms with van der Waals surface area (Å²) in [4.78, 5) is 0. The molecule has 0 atom stereocenters. The second-order valence-electron chi connectivity index (χ2n) is 2.52. The lowest BCUT2D eigenvalue weighted by atomic mass is 10.3. The number of nitrogens with two attached hydrogens (primary N) is 1. The van der Waals surface area contributed by atoms with E-state index in [1.54, 1.807) is 13.2 Å². The average Bonchev–Trinajstić information content (AvgIpc) is 2.11. The van der Waals surface area contributed by atoms with Gasteiger partial charge in [0.25, 0.3) is 0 Å². The van der Waals surface area contributed by atoms with Crippen molar-refractivity contribution in [1.82, 2.24) is 0 Å².